The highest BCUT2D eigenvalue weighted by Gasteiger charge is 2.16. The lowest BCUT2D eigenvalue weighted by Crippen LogP contribution is -2.24. The van der Waals surface area contributed by atoms with E-state index in [9.17, 15) is 0 Å². The van der Waals surface area contributed by atoms with Gasteiger partial charge in [-0.1, -0.05) is 38.4 Å². The first kappa shape index (κ1) is 19.9. The van der Waals surface area contributed by atoms with E-state index >= 15 is 0 Å². The third-order valence-electron chi connectivity index (χ3n) is 5.48. The molecule has 3 rings (SSSR count). The number of ether oxygens (including phenoxy) is 1. The van der Waals surface area contributed by atoms with E-state index in [4.69, 9.17) is 21.3 Å². The van der Waals surface area contributed by atoms with Gasteiger partial charge in [-0.25, -0.2) is 4.98 Å². The van der Waals surface area contributed by atoms with Crippen molar-refractivity contribution < 1.29 is 4.74 Å². The van der Waals surface area contributed by atoms with Crippen molar-refractivity contribution in [2.75, 3.05) is 26.7 Å². The number of rotatable bonds is 8. The molecule has 1 aromatic heterocycles. The van der Waals surface area contributed by atoms with Crippen LogP contribution in [0.4, 0.5) is 0 Å². The van der Waals surface area contributed by atoms with Crippen molar-refractivity contribution in [2.24, 2.45) is 0 Å². The van der Waals surface area contributed by atoms with Crippen LogP contribution in [0.25, 0.3) is 21.8 Å². The van der Waals surface area contributed by atoms with E-state index in [1.54, 1.807) is 7.11 Å². The Balaban J connectivity index is 2.03. The molecule has 0 bridgehead atoms. The second-order valence-corrected chi connectivity index (χ2v) is 7.58. The molecule has 0 spiro atoms. The molecule has 0 aliphatic rings. The predicted octanol–water partition coefficient (Wildman–Crippen LogP) is 6.28. The summed E-state index contributed by atoms with van der Waals surface area (Å²) in [6, 6.07) is 12.2. The molecule has 2 aromatic carbocycles. The summed E-state index contributed by atoms with van der Waals surface area (Å²) in [5, 5.41) is 3.10. The normalized spacial score (nSPS) is 12.8. The maximum atomic E-state index is 6.23. The Morgan fingerprint density at radius 2 is 1.81 bits per heavy atom. The van der Waals surface area contributed by atoms with Gasteiger partial charge in [0.2, 0.25) is 0 Å². The van der Waals surface area contributed by atoms with E-state index in [2.05, 4.69) is 37.8 Å². The molecule has 0 saturated carbocycles. The van der Waals surface area contributed by atoms with Crippen LogP contribution in [-0.2, 0) is 0 Å². The van der Waals surface area contributed by atoms with Crippen molar-refractivity contribution in [1.29, 1.82) is 0 Å². The summed E-state index contributed by atoms with van der Waals surface area (Å²) in [5.74, 6) is 1.30. The Morgan fingerprint density at radius 3 is 2.52 bits per heavy atom. The summed E-state index contributed by atoms with van der Waals surface area (Å²) >= 11 is 6.23. The lowest BCUT2D eigenvalue weighted by atomic mass is 9.89. The number of methoxy groups -OCH3 is 1. The van der Waals surface area contributed by atoms with E-state index in [0.29, 0.717) is 5.92 Å². The fraction of sp³-hybridized carbons (Fsp3) is 0.435. The maximum Gasteiger partial charge on any atom is 0.119 e. The minimum Gasteiger partial charge on any atom is -0.497 e. The quantitative estimate of drug-likeness (QED) is 0.427. The third-order valence-corrected chi connectivity index (χ3v) is 5.72. The number of halogens is 1. The predicted molar refractivity (Wildman–Crippen MR) is 116 cm³/mol. The Morgan fingerprint density at radius 1 is 1.04 bits per heavy atom. The maximum absolute atomic E-state index is 6.23. The lowest BCUT2D eigenvalue weighted by molar-refractivity contribution is 0.294. The fourth-order valence-electron chi connectivity index (χ4n) is 3.89. The van der Waals surface area contributed by atoms with Gasteiger partial charge in [-0.15, -0.1) is 0 Å². The van der Waals surface area contributed by atoms with Crippen LogP contribution in [0.1, 0.15) is 45.1 Å². The summed E-state index contributed by atoms with van der Waals surface area (Å²) in [5.41, 5.74) is 3.31. The van der Waals surface area contributed by atoms with E-state index in [1.807, 2.05) is 24.3 Å². The molecule has 0 aliphatic carbocycles. The van der Waals surface area contributed by atoms with E-state index in [-0.39, 0.29) is 0 Å². The van der Waals surface area contributed by atoms with Crippen LogP contribution >= 0.6 is 11.6 Å². The Hall–Kier alpha value is -1.84. The highest BCUT2D eigenvalue weighted by Crippen LogP contribution is 2.36. The molecule has 3 aromatic rings. The minimum absolute atomic E-state index is 0.432. The van der Waals surface area contributed by atoms with Gasteiger partial charge in [0.25, 0.3) is 0 Å². The molecule has 0 N–H and O–H groups in total. The average molecular weight is 385 g/mol. The average Bonchev–Trinajstić information content (AvgIpc) is 2.68. The number of hydrogen-bond donors (Lipinski definition) is 0. The van der Waals surface area contributed by atoms with Gasteiger partial charge in [-0.3, -0.25) is 0 Å². The van der Waals surface area contributed by atoms with Gasteiger partial charge in [0, 0.05) is 15.8 Å². The van der Waals surface area contributed by atoms with Crippen molar-refractivity contribution in [3.8, 4) is 5.75 Å². The van der Waals surface area contributed by atoms with Gasteiger partial charge in [-0.2, -0.15) is 0 Å². The van der Waals surface area contributed by atoms with Crippen LogP contribution in [0.3, 0.4) is 0 Å². The Labute approximate surface area is 167 Å². The molecule has 4 heteroatoms. The molecule has 3 nitrogen and oxygen atoms in total. The monoisotopic (exact) mass is 384 g/mol. The summed E-state index contributed by atoms with van der Waals surface area (Å²) < 4.78 is 5.47. The zero-order valence-corrected chi connectivity index (χ0v) is 17.5. The molecule has 1 heterocycles. The largest absolute Gasteiger partial charge is 0.497 e. The fourth-order valence-corrected chi connectivity index (χ4v) is 4.06. The highest BCUT2D eigenvalue weighted by atomic mass is 35.5. The minimum atomic E-state index is 0.432. The lowest BCUT2D eigenvalue weighted by Gasteiger charge is -2.21. The smallest absolute Gasteiger partial charge is 0.119 e. The summed E-state index contributed by atoms with van der Waals surface area (Å²) in [7, 11) is 1.71. The molecule has 0 amide bonds. The van der Waals surface area contributed by atoms with E-state index in [0.717, 1.165) is 47.9 Å². The topological polar surface area (TPSA) is 25.4 Å². The van der Waals surface area contributed by atoms with E-state index < -0.39 is 0 Å². The van der Waals surface area contributed by atoms with Crippen LogP contribution in [-0.4, -0.2) is 36.6 Å². The molecule has 1 unspecified atom stereocenters. The summed E-state index contributed by atoms with van der Waals surface area (Å²) in [6.07, 6.45) is 2.33. The van der Waals surface area contributed by atoms with Gasteiger partial charge >= 0.3 is 0 Å². The number of hydrogen-bond acceptors (Lipinski definition) is 3. The Kier molecular flexibility index (Phi) is 6.56. The van der Waals surface area contributed by atoms with Gasteiger partial charge in [0.1, 0.15) is 5.75 Å². The van der Waals surface area contributed by atoms with Gasteiger partial charge in [0.15, 0.2) is 0 Å². The number of aromatic nitrogens is 1. The van der Waals surface area contributed by atoms with Gasteiger partial charge < -0.3 is 9.64 Å². The zero-order chi connectivity index (χ0) is 19.4. The molecule has 0 aliphatic heterocycles. The molecule has 0 saturated heterocycles. The second kappa shape index (κ2) is 8.90. The SMILES string of the molecule is CCN(CC)CCCC(C)c1c2ccc(Cl)cc2nc2ccc(OC)cc12. The van der Waals surface area contributed by atoms with Crippen LogP contribution in [0.5, 0.6) is 5.75 Å². The van der Waals surface area contributed by atoms with Crippen molar-refractivity contribution >= 4 is 33.4 Å². The first-order valence-electron chi connectivity index (χ1n) is 9.86. The van der Waals surface area contributed by atoms with E-state index in [1.165, 1.54) is 22.8 Å². The number of nitrogens with zero attached hydrogens (tertiary/aromatic N) is 2. The van der Waals surface area contributed by atoms with Crippen LogP contribution < -0.4 is 4.74 Å². The Bertz CT molecular complexity index is 921. The van der Waals surface area contributed by atoms with Crippen LogP contribution in [0, 0.1) is 0 Å². The van der Waals surface area contributed by atoms with Gasteiger partial charge in [-0.05, 0) is 74.3 Å². The molecular formula is C23H29ClN2O. The zero-order valence-electron chi connectivity index (χ0n) is 16.8. The molecule has 144 valence electrons. The first-order valence-corrected chi connectivity index (χ1v) is 10.2. The number of pyridine rings is 1. The standard InChI is InChI=1S/C23H29ClN2O/c1-5-26(6-2)13-7-8-16(3)23-19-11-9-17(24)14-22(19)25-21-12-10-18(27-4)15-20(21)23/h9-12,14-16H,5-8,13H2,1-4H3. The van der Waals surface area contributed by atoms with Gasteiger partial charge in [0.05, 0.1) is 18.1 Å². The number of benzene rings is 2. The summed E-state index contributed by atoms with van der Waals surface area (Å²) in [6.45, 7) is 10.2. The van der Waals surface area contributed by atoms with Crippen molar-refractivity contribution in [3.63, 3.8) is 0 Å². The van der Waals surface area contributed by atoms with Crippen LogP contribution in [0.15, 0.2) is 36.4 Å². The molecule has 1 atom stereocenters. The van der Waals surface area contributed by atoms with Crippen molar-refractivity contribution in [1.82, 2.24) is 9.88 Å². The molecule has 0 fully saturated rings. The second-order valence-electron chi connectivity index (χ2n) is 7.14. The molecule has 0 radical (unpaired) electrons. The van der Waals surface area contributed by atoms with Crippen LogP contribution in [0.2, 0.25) is 5.02 Å². The molecule has 27 heavy (non-hydrogen) atoms. The third kappa shape index (κ3) is 4.36. The summed E-state index contributed by atoms with van der Waals surface area (Å²) in [4.78, 5) is 7.33. The molecular weight excluding hydrogens is 356 g/mol. The van der Waals surface area contributed by atoms with Crippen molar-refractivity contribution in [3.05, 3.63) is 47.0 Å². The number of fused-ring (bicyclic) bond motifs is 2. The van der Waals surface area contributed by atoms with Crippen molar-refractivity contribution in [2.45, 2.75) is 39.5 Å². The highest BCUT2D eigenvalue weighted by molar-refractivity contribution is 6.31. The first-order chi connectivity index (χ1) is 13.1.